The number of nitrogen functional groups attached to an aromatic ring is 1. The molecule has 1 aromatic carbocycles. The SMILES string of the molecule is NC(=O)c1c(F)cccc1Oc1nc(C(=O)O)ccc1N. The Bertz CT molecular complexity index is 733. The topological polar surface area (TPSA) is 129 Å². The van der Waals surface area contributed by atoms with Crippen molar-refractivity contribution in [2.75, 3.05) is 5.73 Å². The molecule has 0 atom stereocenters. The van der Waals surface area contributed by atoms with E-state index in [2.05, 4.69) is 4.98 Å². The lowest BCUT2D eigenvalue weighted by Gasteiger charge is -2.11. The number of benzene rings is 1. The molecule has 1 aromatic heterocycles. The van der Waals surface area contributed by atoms with Gasteiger partial charge < -0.3 is 21.3 Å². The van der Waals surface area contributed by atoms with Crippen LogP contribution in [0.25, 0.3) is 0 Å². The molecule has 0 fully saturated rings. The maximum absolute atomic E-state index is 13.6. The van der Waals surface area contributed by atoms with Crippen LogP contribution in [0.4, 0.5) is 10.1 Å². The average Bonchev–Trinajstić information content (AvgIpc) is 2.40. The maximum atomic E-state index is 13.6. The number of nitrogens with zero attached hydrogens (tertiary/aromatic N) is 1. The highest BCUT2D eigenvalue weighted by Crippen LogP contribution is 2.29. The van der Waals surface area contributed by atoms with Crippen LogP contribution >= 0.6 is 0 Å². The number of amides is 1. The number of carbonyl (C=O) groups is 2. The third-order valence-electron chi connectivity index (χ3n) is 2.54. The average molecular weight is 291 g/mol. The summed E-state index contributed by atoms with van der Waals surface area (Å²) in [6, 6.07) is 6.09. The van der Waals surface area contributed by atoms with E-state index in [0.717, 1.165) is 6.07 Å². The molecule has 1 amide bonds. The summed E-state index contributed by atoms with van der Waals surface area (Å²) in [4.78, 5) is 25.8. The van der Waals surface area contributed by atoms with Crippen molar-refractivity contribution in [2.24, 2.45) is 5.73 Å². The van der Waals surface area contributed by atoms with E-state index < -0.39 is 23.3 Å². The number of halogens is 1. The summed E-state index contributed by atoms with van der Waals surface area (Å²) in [7, 11) is 0. The zero-order valence-electron chi connectivity index (χ0n) is 10.5. The summed E-state index contributed by atoms with van der Waals surface area (Å²) in [6.45, 7) is 0. The van der Waals surface area contributed by atoms with Crippen LogP contribution in [0.3, 0.4) is 0 Å². The lowest BCUT2D eigenvalue weighted by atomic mass is 10.2. The van der Waals surface area contributed by atoms with Gasteiger partial charge in [0.2, 0.25) is 5.88 Å². The first-order valence-corrected chi connectivity index (χ1v) is 5.66. The Labute approximate surface area is 118 Å². The highest BCUT2D eigenvalue weighted by molar-refractivity contribution is 5.96. The highest BCUT2D eigenvalue weighted by Gasteiger charge is 2.18. The van der Waals surface area contributed by atoms with Crippen molar-refractivity contribution >= 4 is 17.6 Å². The van der Waals surface area contributed by atoms with Crippen molar-refractivity contribution in [1.82, 2.24) is 4.98 Å². The monoisotopic (exact) mass is 291 g/mol. The first-order valence-electron chi connectivity index (χ1n) is 5.66. The second-order valence-electron chi connectivity index (χ2n) is 3.98. The third kappa shape index (κ3) is 2.89. The number of anilines is 1. The predicted octanol–water partition coefficient (Wildman–Crippen LogP) is 1.39. The Balaban J connectivity index is 2.48. The quantitative estimate of drug-likeness (QED) is 0.780. The van der Waals surface area contributed by atoms with Crippen LogP contribution in [0, 0.1) is 5.82 Å². The van der Waals surface area contributed by atoms with Crippen molar-refractivity contribution in [3.8, 4) is 11.6 Å². The number of hydrogen-bond acceptors (Lipinski definition) is 5. The Morgan fingerprint density at radius 1 is 1.24 bits per heavy atom. The molecule has 8 heteroatoms. The number of rotatable bonds is 4. The fourth-order valence-corrected chi connectivity index (χ4v) is 1.58. The fraction of sp³-hybridized carbons (Fsp3) is 0. The molecule has 0 unspecified atom stereocenters. The number of carboxylic acids is 1. The van der Waals surface area contributed by atoms with E-state index in [1.807, 2.05) is 0 Å². The largest absolute Gasteiger partial charge is 0.477 e. The number of carboxylic acid groups (broad SMARTS) is 1. The maximum Gasteiger partial charge on any atom is 0.354 e. The second-order valence-corrected chi connectivity index (χ2v) is 3.98. The molecular formula is C13H10FN3O4. The minimum absolute atomic E-state index is 0.0275. The van der Waals surface area contributed by atoms with E-state index in [1.165, 1.54) is 24.3 Å². The molecule has 0 saturated heterocycles. The van der Waals surface area contributed by atoms with Gasteiger partial charge in [-0.1, -0.05) is 6.07 Å². The molecule has 0 radical (unpaired) electrons. The zero-order valence-corrected chi connectivity index (χ0v) is 10.5. The summed E-state index contributed by atoms with van der Waals surface area (Å²) in [5, 5.41) is 8.86. The van der Waals surface area contributed by atoms with Crippen molar-refractivity contribution in [3.63, 3.8) is 0 Å². The number of ether oxygens (including phenoxy) is 1. The molecule has 0 aliphatic carbocycles. The van der Waals surface area contributed by atoms with Gasteiger partial charge in [0.15, 0.2) is 5.69 Å². The Morgan fingerprint density at radius 3 is 2.57 bits per heavy atom. The van der Waals surface area contributed by atoms with Crippen LogP contribution in [0.1, 0.15) is 20.8 Å². The normalized spacial score (nSPS) is 10.1. The molecule has 5 N–H and O–H groups in total. The van der Waals surface area contributed by atoms with Gasteiger partial charge in [0.05, 0.1) is 5.69 Å². The van der Waals surface area contributed by atoms with Crippen LogP contribution in [-0.2, 0) is 0 Å². The number of hydrogen-bond donors (Lipinski definition) is 3. The lowest BCUT2D eigenvalue weighted by Crippen LogP contribution is -2.15. The number of aromatic carboxylic acids is 1. The van der Waals surface area contributed by atoms with Gasteiger partial charge in [0.25, 0.3) is 5.91 Å². The van der Waals surface area contributed by atoms with E-state index in [-0.39, 0.29) is 23.0 Å². The summed E-state index contributed by atoms with van der Waals surface area (Å²) in [6.07, 6.45) is 0. The molecule has 1 heterocycles. The Hall–Kier alpha value is -3.16. The zero-order chi connectivity index (χ0) is 15.6. The molecule has 21 heavy (non-hydrogen) atoms. The van der Waals surface area contributed by atoms with Gasteiger partial charge in [-0.2, -0.15) is 0 Å². The molecule has 0 aliphatic rings. The van der Waals surface area contributed by atoms with Crippen LogP contribution < -0.4 is 16.2 Å². The van der Waals surface area contributed by atoms with Gasteiger partial charge in [0, 0.05) is 0 Å². The fourth-order valence-electron chi connectivity index (χ4n) is 1.58. The molecule has 0 saturated carbocycles. The number of primary amides is 1. The molecule has 108 valence electrons. The molecule has 0 bridgehead atoms. The van der Waals surface area contributed by atoms with Crippen LogP contribution in [-0.4, -0.2) is 22.0 Å². The lowest BCUT2D eigenvalue weighted by molar-refractivity contribution is 0.0689. The van der Waals surface area contributed by atoms with Gasteiger partial charge >= 0.3 is 5.97 Å². The third-order valence-corrected chi connectivity index (χ3v) is 2.54. The number of pyridine rings is 1. The summed E-state index contributed by atoms with van der Waals surface area (Å²) in [5.74, 6) is -3.65. The Morgan fingerprint density at radius 2 is 1.95 bits per heavy atom. The van der Waals surface area contributed by atoms with Gasteiger partial charge in [-0.05, 0) is 24.3 Å². The molecular weight excluding hydrogens is 281 g/mol. The Kier molecular flexibility index (Phi) is 3.70. The number of carbonyl (C=O) groups excluding carboxylic acids is 1. The summed E-state index contributed by atoms with van der Waals surface area (Å²) >= 11 is 0. The van der Waals surface area contributed by atoms with E-state index in [4.69, 9.17) is 21.3 Å². The van der Waals surface area contributed by atoms with Crippen molar-refractivity contribution < 1.29 is 23.8 Å². The van der Waals surface area contributed by atoms with Gasteiger partial charge in [0.1, 0.15) is 17.1 Å². The van der Waals surface area contributed by atoms with E-state index in [1.54, 1.807) is 0 Å². The van der Waals surface area contributed by atoms with Crippen LogP contribution in [0.5, 0.6) is 11.6 Å². The molecule has 2 aromatic rings. The molecule has 0 aliphatic heterocycles. The molecule has 7 nitrogen and oxygen atoms in total. The van der Waals surface area contributed by atoms with Gasteiger partial charge in [-0.25, -0.2) is 14.2 Å². The minimum atomic E-state index is -1.28. The number of nitrogens with two attached hydrogens (primary N) is 2. The summed E-state index contributed by atoms with van der Waals surface area (Å²) < 4.78 is 18.8. The van der Waals surface area contributed by atoms with Gasteiger partial charge in [-0.3, -0.25) is 4.79 Å². The second kappa shape index (κ2) is 5.45. The van der Waals surface area contributed by atoms with Crippen LogP contribution in [0.2, 0.25) is 0 Å². The molecule has 0 spiro atoms. The number of aromatic nitrogens is 1. The first-order chi connectivity index (χ1) is 9.90. The smallest absolute Gasteiger partial charge is 0.354 e. The van der Waals surface area contributed by atoms with Crippen molar-refractivity contribution in [2.45, 2.75) is 0 Å². The van der Waals surface area contributed by atoms with Crippen molar-refractivity contribution in [1.29, 1.82) is 0 Å². The van der Waals surface area contributed by atoms with E-state index in [9.17, 15) is 14.0 Å². The van der Waals surface area contributed by atoms with E-state index >= 15 is 0 Å². The van der Waals surface area contributed by atoms with Crippen molar-refractivity contribution in [3.05, 3.63) is 47.4 Å². The minimum Gasteiger partial charge on any atom is -0.477 e. The van der Waals surface area contributed by atoms with Crippen LogP contribution in [0.15, 0.2) is 30.3 Å². The van der Waals surface area contributed by atoms with E-state index in [0.29, 0.717) is 0 Å². The highest BCUT2D eigenvalue weighted by atomic mass is 19.1. The predicted molar refractivity (Wildman–Crippen MR) is 70.6 cm³/mol. The molecule has 2 rings (SSSR count). The standard InChI is InChI=1S/C13H10FN3O4/c14-6-2-1-3-9(10(6)11(16)18)21-12-7(15)4-5-8(17-12)13(19)20/h1-5H,15H2,(H2,16,18)(H,19,20). The summed E-state index contributed by atoms with van der Waals surface area (Å²) in [5.41, 5.74) is 9.94. The van der Waals surface area contributed by atoms with Gasteiger partial charge in [-0.15, -0.1) is 0 Å². The first kappa shape index (κ1) is 14.3.